The van der Waals surface area contributed by atoms with Gasteiger partial charge in [-0.25, -0.2) is 13.2 Å². The van der Waals surface area contributed by atoms with Gasteiger partial charge in [0, 0.05) is 23.4 Å². The zero-order valence-corrected chi connectivity index (χ0v) is 18.3. The Balaban J connectivity index is 1.28. The molecule has 0 spiro atoms. The number of amides is 1. The van der Waals surface area contributed by atoms with Gasteiger partial charge in [0.05, 0.1) is 18.6 Å². The summed E-state index contributed by atoms with van der Waals surface area (Å²) in [6, 6.07) is 7.42. The summed E-state index contributed by atoms with van der Waals surface area (Å²) in [6.07, 6.45) is 2.39. The lowest BCUT2D eigenvalue weighted by molar-refractivity contribution is -0.143. The summed E-state index contributed by atoms with van der Waals surface area (Å²) >= 11 is 0. The molecule has 0 bridgehead atoms. The van der Waals surface area contributed by atoms with Gasteiger partial charge in [0.25, 0.3) is 0 Å². The Bertz CT molecular complexity index is 1190. The van der Waals surface area contributed by atoms with Gasteiger partial charge in [-0.3, -0.25) is 9.59 Å². The number of anilines is 2. The monoisotopic (exact) mass is 490 g/mol. The molecule has 1 heterocycles. The van der Waals surface area contributed by atoms with Crippen LogP contribution in [0.25, 0.3) is 0 Å². The first-order valence-corrected chi connectivity index (χ1v) is 10.8. The van der Waals surface area contributed by atoms with Crippen LogP contribution in [0, 0.1) is 23.4 Å². The van der Waals surface area contributed by atoms with Gasteiger partial charge in [-0.1, -0.05) is 5.10 Å². The van der Waals surface area contributed by atoms with Crippen LogP contribution in [0.4, 0.5) is 24.9 Å². The second-order valence-corrected chi connectivity index (χ2v) is 8.02. The number of carbonyl (C=O) groups is 2. The Morgan fingerprint density at radius 3 is 2.31 bits per heavy atom. The van der Waals surface area contributed by atoms with Crippen molar-refractivity contribution in [1.82, 2.24) is 10.2 Å². The SMILES string of the molecule is O=C(Nc1ccc(OC2CCC(C(=O)O)CC2)cc1)c1nnc(NCc2c(F)cc(F)cc2F)o1. The lowest BCUT2D eigenvalue weighted by atomic mass is 9.87. The summed E-state index contributed by atoms with van der Waals surface area (Å²) in [5.41, 5.74) is 0.00735. The molecule has 0 atom stereocenters. The molecule has 1 aliphatic carbocycles. The molecule has 1 aromatic heterocycles. The summed E-state index contributed by atoms with van der Waals surface area (Å²) < 4.78 is 51.5. The van der Waals surface area contributed by atoms with Gasteiger partial charge in [-0.2, -0.15) is 0 Å². The number of halogens is 3. The van der Waals surface area contributed by atoms with Crippen molar-refractivity contribution in [2.24, 2.45) is 5.92 Å². The van der Waals surface area contributed by atoms with Crippen LogP contribution in [-0.4, -0.2) is 33.3 Å². The molecule has 1 aliphatic rings. The Hall–Kier alpha value is -4.09. The average Bonchev–Trinajstić information content (AvgIpc) is 3.29. The van der Waals surface area contributed by atoms with E-state index in [1.165, 1.54) is 0 Å². The number of hydrogen-bond donors (Lipinski definition) is 3. The van der Waals surface area contributed by atoms with Gasteiger partial charge in [-0.15, -0.1) is 5.10 Å². The molecule has 3 aromatic rings. The molecular weight excluding hydrogens is 469 g/mol. The fourth-order valence-corrected chi connectivity index (χ4v) is 3.71. The van der Waals surface area contributed by atoms with Crippen LogP contribution in [-0.2, 0) is 11.3 Å². The van der Waals surface area contributed by atoms with Crippen molar-refractivity contribution in [2.75, 3.05) is 10.6 Å². The smallest absolute Gasteiger partial charge is 0.316 e. The van der Waals surface area contributed by atoms with E-state index in [9.17, 15) is 22.8 Å². The quantitative estimate of drug-likeness (QED) is 0.425. The summed E-state index contributed by atoms with van der Waals surface area (Å²) in [5.74, 6) is -4.79. The minimum atomic E-state index is -1.08. The predicted molar refractivity (Wildman–Crippen MR) is 116 cm³/mol. The molecular formula is C23H21F3N4O5. The van der Waals surface area contributed by atoms with Crippen LogP contribution in [0.1, 0.15) is 41.9 Å². The zero-order valence-electron chi connectivity index (χ0n) is 18.3. The summed E-state index contributed by atoms with van der Waals surface area (Å²) in [7, 11) is 0. The number of carboxylic acids is 1. The first kappa shape index (κ1) is 24.0. The highest BCUT2D eigenvalue weighted by Crippen LogP contribution is 2.28. The van der Waals surface area contributed by atoms with Gasteiger partial charge < -0.3 is 24.9 Å². The minimum absolute atomic E-state index is 0.0628. The lowest BCUT2D eigenvalue weighted by Crippen LogP contribution is -2.27. The maximum atomic E-state index is 13.7. The zero-order chi connectivity index (χ0) is 24.9. The third-order valence-corrected chi connectivity index (χ3v) is 5.58. The fraction of sp³-hybridized carbons (Fsp3) is 0.304. The number of rotatable bonds is 8. The average molecular weight is 490 g/mol. The standard InChI is InChI=1S/C23H21F3N4O5/c24-13-9-18(25)17(19(26)10-13)11-27-23-30-29-21(35-23)20(31)28-14-3-7-16(8-4-14)34-15-5-1-12(2-6-15)22(32)33/h3-4,7-10,12,15H,1-2,5-6,11H2,(H,27,30)(H,28,31)(H,32,33). The van der Waals surface area contributed by atoms with Crippen molar-refractivity contribution in [1.29, 1.82) is 0 Å². The van der Waals surface area contributed by atoms with E-state index in [1.807, 2.05) is 0 Å². The molecule has 3 N–H and O–H groups in total. The van der Waals surface area contributed by atoms with Crippen molar-refractivity contribution in [2.45, 2.75) is 38.3 Å². The van der Waals surface area contributed by atoms with Crippen molar-refractivity contribution >= 4 is 23.6 Å². The number of nitrogens with one attached hydrogen (secondary N) is 2. The second kappa shape index (κ2) is 10.5. The highest BCUT2D eigenvalue weighted by Gasteiger charge is 2.27. The highest BCUT2D eigenvalue weighted by atomic mass is 19.1. The van der Waals surface area contributed by atoms with Gasteiger partial charge in [-0.05, 0) is 49.9 Å². The highest BCUT2D eigenvalue weighted by molar-refractivity contribution is 6.00. The number of carboxylic acid groups (broad SMARTS) is 1. The van der Waals surface area contributed by atoms with Crippen molar-refractivity contribution in [3.8, 4) is 5.75 Å². The number of nitrogens with zero attached hydrogens (tertiary/aromatic N) is 2. The number of ether oxygens (including phenoxy) is 1. The first-order valence-electron chi connectivity index (χ1n) is 10.8. The fourth-order valence-electron chi connectivity index (χ4n) is 3.71. The summed E-state index contributed by atoms with van der Waals surface area (Å²) in [4.78, 5) is 23.4. The van der Waals surface area contributed by atoms with Crippen molar-refractivity contribution in [3.05, 3.63) is 65.3 Å². The van der Waals surface area contributed by atoms with Crippen LogP contribution in [0.3, 0.4) is 0 Å². The molecule has 12 heteroatoms. The van der Waals surface area contributed by atoms with E-state index in [4.69, 9.17) is 14.3 Å². The maximum Gasteiger partial charge on any atom is 0.316 e. The third kappa shape index (κ3) is 6.08. The number of aromatic nitrogens is 2. The molecule has 184 valence electrons. The Morgan fingerprint density at radius 2 is 1.69 bits per heavy atom. The lowest BCUT2D eigenvalue weighted by Gasteiger charge is -2.26. The Labute approximate surface area is 197 Å². The van der Waals surface area contributed by atoms with E-state index < -0.39 is 41.4 Å². The number of carbonyl (C=O) groups excluding carboxylic acids is 1. The molecule has 0 saturated heterocycles. The normalized spacial score (nSPS) is 17.6. The summed E-state index contributed by atoms with van der Waals surface area (Å²) in [5, 5.41) is 21.3. The maximum absolute atomic E-state index is 13.7. The van der Waals surface area contributed by atoms with E-state index >= 15 is 0 Å². The van der Waals surface area contributed by atoms with Crippen molar-refractivity contribution in [3.63, 3.8) is 0 Å². The number of hydrogen-bond acceptors (Lipinski definition) is 7. The Kier molecular flexibility index (Phi) is 7.18. The number of benzene rings is 2. The molecule has 1 fully saturated rings. The first-order chi connectivity index (χ1) is 16.8. The molecule has 0 radical (unpaired) electrons. The second-order valence-electron chi connectivity index (χ2n) is 8.02. The topological polar surface area (TPSA) is 127 Å². The van der Waals surface area contributed by atoms with Gasteiger partial charge in [0.15, 0.2) is 0 Å². The van der Waals surface area contributed by atoms with Crippen LogP contribution < -0.4 is 15.4 Å². The molecule has 1 saturated carbocycles. The molecule has 4 rings (SSSR count). The van der Waals surface area contributed by atoms with Crippen LogP contribution >= 0.6 is 0 Å². The molecule has 1 amide bonds. The predicted octanol–water partition coefficient (Wildman–Crippen LogP) is 4.37. The third-order valence-electron chi connectivity index (χ3n) is 5.58. The van der Waals surface area contributed by atoms with E-state index in [0.29, 0.717) is 49.3 Å². The van der Waals surface area contributed by atoms with Gasteiger partial charge >= 0.3 is 23.8 Å². The van der Waals surface area contributed by atoms with Gasteiger partial charge in [0.1, 0.15) is 23.2 Å². The summed E-state index contributed by atoms with van der Waals surface area (Å²) in [6.45, 7) is -0.402. The van der Waals surface area contributed by atoms with E-state index in [-0.39, 0.29) is 23.9 Å². The van der Waals surface area contributed by atoms with Gasteiger partial charge in [0.2, 0.25) is 0 Å². The van der Waals surface area contributed by atoms with E-state index in [2.05, 4.69) is 20.8 Å². The van der Waals surface area contributed by atoms with E-state index in [1.54, 1.807) is 24.3 Å². The largest absolute Gasteiger partial charge is 0.490 e. The Morgan fingerprint density at radius 1 is 1.03 bits per heavy atom. The van der Waals surface area contributed by atoms with E-state index in [0.717, 1.165) is 0 Å². The van der Waals surface area contributed by atoms with Crippen LogP contribution in [0.2, 0.25) is 0 Å². The molecule has 2 aromatic carbocycles. The molecule has 0 unspecified atom stereocenters. The van der Waals surface area contributed by atoms with Crippen LogP contribution in [0.5, 0.6) is 5.75 Å². The molecule has 9 nitrogen and oxygen atoms in total. The van der Waals surface area contributed by atoms with Crippen LogP contribution in [0.15, 0.2) is 40.8 Å². The molecule has 35 heavy (non-hydrogen) atoms. The number of aliphatic carboxylic acids is 1. The minimum Gasteiger partial charge on any atom is -0.490 e. The molecule has 0 aliphatic heterocycles. The van der Waals surface area contributed by atoms with Crippen molar-refractivity contribution < 1.29 is 37.0 Å².